The summed E-state index contributed by atoms with van der Waals surface area (Å²) >= 11 is 0. The van der Waals surface area contributed by atoms with Gasteiger partial charge in [0, 0.05) is 25.0 Å². The minimum atomic E-state index is 1.04. The van der Waals surface area contributed by atoms with Gasteiger partial charge in [-0.15, -0.1) is 0 Å². The molecule has 0 fully saturated rings. The Hall–Kier alpha value is -1.61. The minimum absolute atomic E-state index is 1.04. The van der Waals surface area contributed by atoms with Crippen molar-refractivity contribution in [3.05, 3.63) is 36.4 Å². The summed E-state index contributed by atoms with van der Waals surface area (Å²) in [5.41, 5.74) is 1.09. The van der Waals surface area contributed by atoms with Crippen LogP contribution in [0.4, 0.5) is 5.82 Å². The molecule has 0 aliphatic rings. The van der Waals surface area contributed by atoms with E-state index in [0.29, 0.717) is 0 Å². The second-order valence-electron chi connectivity index (χ2n) is 7.63. The van der Waals surface area contributed by atoms with Crippen LogP contribution in [0.2, 0.25) is 0 Å². The van der Waals surface area contributed by atoms with Crippen LogP contribution in [0.15, 0.2) is 36.4 Å². The van der Waals surface area contributed by atoms with Crippen LogP contribution in [-0.2, 0) is 0 Å². The van der Waals surface area contributed by atoms with E-state index in [1.807, 2.05) is 0 Å². The molecule has 0 amide bonds. The molecule has 144 valence electrons. The molecule has 1 heterocycles. The number of unbranched alkanes of at least 4 members (excludes halogenated alkanes) is 7. The molecule has 26 heavy (non-hydrogen) atoms. The van der Waals surface area contributed by atoms with E-state index in [9.17, 15) is 0 Å². The van der Waals surface area contributed by atoms with Crippen molar-refractivity contribution in [2.45, 2.75) is 58.3 Å². The highest BCUT2D eigenvalue weighted by atomic mass is 15.2. The molecule has 0 aliphatic heterocycles. The molecule has 0 spiro atoms. The quantitative estimate of drug-likeness (QED) is 0.427. The molecule has 1 aromatic heterocycles. The maximum Gasteiger partial charge on any atom is 0.129 e. The molecule has 0 N–H and O–H groups in total. The van der Waals surface area contributed by atoms with E-state index in [4.69, 9.17) is 4.98 Å². The summed E-state index contributed by atoms with van der Waals surface area (Å²) in [5, 5.41) is 1.22. The first-order chi connectivity index (χ1) is 12.7. The average Bonchev–Trinajstić information content (AvgIpc) is 2.65. The predicted octanol–water partition coefficient (Wildman–Crippen LogP) is 5.74. The number of likely N-dealkylation sites (N-methyl/N-ethyl adjacent to an activating group) is 1. The summed E-state index contributed by atoms with van der Waals surface area (Å²) < 4.78 is 0. The van der Waals surface area contributed by atoms with Crippen molar-refractivity contribution < 1.29 is 0 Å². The molecular weight excluding hydrogens is 318 g/mol. The zero-order chi connectivity index (χ0) is 18.6. The Bertz CT molecular complexity index is 624. The number of anilines is 1. The van der Waals surface area contributed by atoms with Crippen LogP contribution in [0, 0.1) is 0 Å². The summed E-state index contributed by atoms with van der Waals surface area (Å²) in [6.45, 7) is 5.48. The van der Waals surface area contributed by atoms with Gasteiger partial charge in [0.1, 0.15) is 5.82 Å². The number of nitrogens with zero attached hydrogens (tertiary/aromatic N) is 3. The summed E-state index contributed by atoms with van der Waals surface area (Å²) in [6, 6.07) is 12.8. The van der Waals surface area contributed by atoms with E-state index in [-0.39, 0.29) is 0 Å². The van der Waals surface area contributed by atoms with Crippen molar-refractivity contribution in [1.82, 2.24) is 9.88 Å². The van der Waals surface area contributed by atoms with Gasteiger partial charge < -0.3 is 9.80 Å². The summed E-state index contributed by atoms with van der Waals surface area (Å²) in [5.74, 6) is 1.12. The Morgan fingerprint density at radius 2 is 1.42 bits per heavy atom. The Balaban J connectivity index is 1.86. The van der Waals surface area contributed by atoms with Crippen molar-refractivity contribution in [3.8, 4) is 0 Å². The molecule has 0 atom stereocenters. The first-order valence-corrected chi connectivity index (χ1v) is 10.5. The van der Waals surface area contributed by atoms with Gasteiger partial charge in [0.05, 0.1) is 5.52 Å². The molecule has 0 unspecified atom stereocenters. The van der Waals surface area contributed by atoms with Crippen molar-refractivity contribution in [1.29, 1.82) is 0 Å². The van der Waals surface area contributed by atoms with Gasteiger partial charge in [-0.1, -0.05) is 70.1 Å². The summed E-state index contributed by atoms with van der Waals surface area (Å²) in [6.07, 6.45) is 10.9. The number of para-hydroxylation sites is 1. The van der Waals surface area contributed by atoms with Gasteiger partial charge in [-0.2, -0.15) is 0 Å². The molecule has 3 nitrogen and oxygen atoms in total. The highest BCUT2D eigenvalue weighted by Gasteiger charge is 2.09. The van der Waals surface area contributed by atoms with E-state index in [1.54, 1.807) is 0 Å². The largest absolute Gasteiger partial charge is 0.355 e. The van der Waals surface area contributed by atoms with E-state index in [0.717, 1.165) is 31.0 Å². The fourth-order valence-electron chi connectivity index (χ4n) is 3.33. The van der Waals surface area contributed by atoms with Crippen LogP contribution in [0.5, 0.6) is 0 Å². The topological polar surface area (TPSA) is 19.4 Å². The van der Waals surface area contributed by atoms with Gasteiger partial charge in [0.15, 0.2) is 0 Å². The summed E-state index contributed by atoms with van der Waals surface area (Å²) in [7, 11) is 4.28. The van der Waals surface area contributed by atoms with E-state index in [1.165, 1.54) is 56.8 Å². The van der Waals surface area contributed by atoms with Gasteiger partial charge in [-0.25, -0.2) is 4.98 Å². The van der Waals surface area contributed by atoms with Crippen LogP contribution >= 0.6 is 0 Å². The molecule has 1 aromatic carbocycles. The average molecular weight is 356 g/mol. The smallest absolute Gasteiger partial charge is 0.129 e. The van der Waals surface area contributed by atoms with E-state index in [2.05, 4.69) is 67.2 Å². The number of pyridine rings is 1. The number of aromatic nitrogens is 1. The fourth-order valence-corrected chi connectivity index (χ4v) is 3.33. The maximum absolute atomic E-state index is 4.91. The number of rotatable bonds is 13. The lowest BCUT2D eigenvalue weighted by Gasteiger charge is -2.25. The third kappa shape index (κ3) is 7.33. The predicted molar refractivity (Wildman–Crippen MR) is 115 cm³/mol. The second kappa shape index (κ2) is 11.9. The third-order valence-electron chi connectivity index (χ3n) is 5.01. The van der Waals surface area contributed by atoms with Gasteiger partial charge in [-0.05, 0) is 38.7 Å². The monoisotopic (exact) mass is 355 g/mol. The molecule has 0 saturated carbocycles. The number of benzene rings is 1. The van der Waals surface area contributed by atoms with Crippen LogP contribution < -0.4 is 4.90 Å². The fraction of sp³-hybridized carbons (Fsp3) is 0.609. The molecule has 0 radical (unpaired) electrons. The minimum Gasteiger partial charge on any atom is -0.355 e. The maximum atomic E-state index is 4.91. The number of hydrogen-bond donors (Lipinski definition) is 0. The van der Waals surface area contributed by atoms with Gasteiger partial charge >= 0.3 is 0 Å². The standard InChI is InChI=1S/C23H37N3/c1-4-5-6-7-8-9-10-13-18-26(20-19-25(2)3)23-17-16-21-14-11-12-15-22(21)24-23/h11-12,14-17H,4-10,13,18-20H2,1-3H3. The highest BCUT2D eigenvalue weighted by Crippen LogP contribution is 2.19. The second-order valence-corrected chi connectivity index (χ2v) is 7.63. The zero-order valence-corrected chi connectivity index (χ0v) is 17.1. The first-order valence-electron chi connectivity index (χ1n) is 10.5. The summed E-state index contributed by atoms with van der Waals surface area (Å²) in [4.78, 5) is 9.62. The van der Waals surface area contributed by atoms with Crippen LogP contribution in [-0.4, -0.2) is 43.6 Å². The Morgan fingerprint density at radius 3 is 2.15 bits per heavy atom. The van der Waals surface area contributed by atoms with Gasteiger partial charge in [-0.3, -0.25) is 0 Å². The van der Waals surface area contributed by atoms with Crippen LogP contribution in [0.3, 0.4) is 0 Å². The SMILES string of the molecule is CCCCCCCCCCN(CCN(C)C)c1ccc2ccccc2n1. The Morgan fingerprint density at radius 1 is 0.731 bits per heavy atom. The molecule has 0 aliphatic carbocycles. The normalized spacial score (nSPS) is 11.4. The first kappa shape index (κ1) is 20.7. The molecular formula is C23H37N3. The Labute approximate surface area is 160 Å². The van der Waals surface area contributed by atoms with Crippen molar-refractivity contribution >= 4 is 16.7 Å². The molecule has 3 heteroatoms. The lowest BCUT2D eigenvalue weighted by atomic mass is 10.1. The lowest BCUT2D eigenvalue weighted by molar-refractivity contribution is 0.411. The third-order valence-corrected chi connectivity index (χ3v) is 5.01. The van der Waals surface area contributed by atoms with Crippen LogP contribution in [0.1, 0.15) is 58.3 Å². The Kier molecular flexibility index (Phi) is 9.47. The molecule has 0 bridgehead atoms. The zero-order valence-electron chi connectivity index (χ0n) is 17.1. The van der Waals surface area contributed by atoms with Crippen molar-refractivity contribution in [2.24, 2.45) is 0 Å². The van der Waals surface area contributed by atoms with Gasteiger partial charge in [0.25, 0.3) is 0 Å². The van der Waals surface area contributed by atoms with E-state index >= 15 is 0 Å². The van der Waals surface area contributed by atoms with Crippen LogP contribution in [0.25, 0.3) is 10.9 Å². The molecule has 2 rings (SSSR count). The van der Waals surface area contributed by atoms with E-state index < -0.39 is 0 Å². The lowest BCUT2D eigenvalue weighted by Crippen LogP contribution is -2.33. The molecule has 2 aromatic rings. The van der Waals surface area contributed by atoms with Crippen molar-refractivity contribution in [3.63, 3.8) is 0 Å². The van der Waals surface area contributed by atoms with Crippen molar-refractivity contribution in [2.75, 3.05) is 38.6 Å². The molecule has 0 saturated heterocycles. The number of fused-ring (bicyclic) bond motifs is 1. The van der Waals surface area contributed by atoms with Gasteiger partial charge in [0.2, 0.25) is 0 Å². The highest BCUT2D eigenvalue weighted by molar-refractivity contribution is 5.80. The number of hydrogen-bond acceptors (Lipinski definition) is 3.